The molecule has 4 aromatic rings. The average molecular weight is 537 g/mol. The van der Waals surface area contributed by atoms with Crippen LogP contribution in [-0.4, -0.2) is 55.6 Å². The van der Waals surface area contributed by atoms with Crippen LogP contribution in [0.3, 0.4) is 0 Å². The van der Waals surface area contributed by atoms with E-state index in [0.29, 0.717) is 22.5 Å². The van der Waals surface area contributed by atoms with Crippen LogP contribution in [0.2, 0.25) is 0 Å². The van der Waals surface area contributed by atoms with E-state index in [0.717, 1.165) is 42.9 Å². The van der Waals surface area contributed by atoms with Crippen molar-refractivity contribution in [3.8, 4) is 34.3 Å². The van der Waals surface area contributed by atoms with E-state index in [2.05, 4.69) is 25.5 Å². The summed E-state index contributed by atoms with van der Waals surface area (Å²) in [5.41, 5.74) is 9.61. The molecule has 2 aromatic carbocycles. The molecule has 2 aromatic heterocycles. The van der Waals surface area contributed by atoms with Gasteiger partial charge in [0, 0.05) is 40.5 Å². The van der Waals surface area contributed by atoms with Crippen molar-refractivity contribution in [2.24, 2.45) is 0 Å². The van der Waals surface area contributed by atoms with Crippen LogP contribution in [0.1, 0.15) is 25.3 Å². The molecule has 0 saturated carbocycles. The fourth-order valence-electron chi connectivity index (χ4n) is 4.11. The predicted octanol–water partition coefficient (Wildman–Crippen LogP) is 4.18. The van der Waals surface area contributed by atoms with Gasteiger partial charge in [-0.15, -0.1) is 10.2 Å². The summed E-state index contributed by atoms with van der Waals surface area (Å²) < 4.78 is 36.5. The molecular weight excluding hydrogens is 507 g/mol. The third-order valence-electron chi connectivity index (χ3n) is 6.42. The number of alkyl halides is 1. The molecule has 9 nitrogen and oxygen atoms in total. The molecule has 0 aliphatic carbocycles. The first-order chi connectivity index (χ1) is 18.5. The molecule has 3 heterocycles. The first-order valence-corrected chi connectivity index (χ1v) is 13.7. The summed E-state index contributed by atoms with van der Waals surface area (Å²) in [6, 6.07) is 15.4. The second-order valence-electron chi connectivity index (χ2n) is 9.15. The molecule has 1 saturated heterocycles. The van der Waals surface area contributed by atoms with Crippen LogP contribution < -0.4 is 11.1 Å². The summed E-state index contributed by atoms with van der Waals surface area (Å²) in [7, 11) is -1.29. The molecule has 3 atom stereocenters. The Morgan fingerprint density at radius 1 is 1.11 bits per heavy atom. The van der Waals surface area contributed by atoms with Gasteiger partial charge in [-0.3, -0.25) is 8.60 Å². The van der Waals surface area contributed by atoms with Crippen molar-refractivity contribution < 1.29 is 17.8 Å². The number of nitrogens with two attached hydrogens (primary N) is 1. The van der Waals surface area contributed by atoms with Gasteiger partial charge < -0.3 is 20.2 Å². The Hall–Kier alpha value is -3.54. The number of hydrogen-bond donors (Lipinski definition) is 2. The number of nitrogens with zero attached hydrogens (tertiary/aromatic N) is 4. The normalized spacial score (nSPS) is 16.9. The SMILES string of the molecule is CC(CCF)S(=O)c1ccc(-c2cnc(N)c(-c3nnc(-c4ccc(CNC5CCOC5)cc4)o3)n2)cc1. The molecule has 198 valence electrons. The number of halogens is 1. The van der Waals surface area contributed by atoms with Gasteiger partial charge in [0.2, 0.25) is 5.89 Å². The van der Waals surface area contributed by atoms with E-state index in [1.54, 1.807) is 37.4 Å². The number of aromatic nitrogens is 4. The highest BCUT2D eigenvalue weighted by atomic mass is 32.2. The fraction of sp³-hybridized carbons (Fsp3) is 0.333. The number of hydrogen-bond acceptors (Lipinski definition) is 9. The third-order valence-corrected chi connectivity index (χ3v) is 8.12. The lowest BCUT2D eigenvalue weighted by molar-refractivity contribution is 0.190. The number of rotatable bonds is 10. The summed E-state index contributed by atoms with van der Waals surface area (Å²) in [5, 5.41) is 11.6. The van der Waals surface area contributed by atoms with Crippen molar-refractivity contribution in [3.05, 3.63) is 60.3 Å². The van der Waals surface area contributed by atoms with Crippen molar-refractivity contribution in [2.75, 3.05) is 25.6 Å². The lowest BCUT2D eigenvalue weighted by Crippen LogP contribution is -2.28. The highest BCUT2D eigenvalue weighted by molar-refractivity contribution is 7.85. The zero-order valence-corrected chi connectivity index (χ0v) is 21.8. The minimum absolute atomic E-state index is 0.164. The van der Waals surface area contributed by atoms with Crippen LogP contribution in [0.4, 0.5) is 10.2 Å². The Morgan fingerprint density at radius 2 is 1.84 bits per heavy atom. The van der Waals surface area contributed by atoms with E-state index in [1.165, 1.54) is 0 Å². The highest BCUT2D eigenvalue weighted by Crippen LogP contribution is 2.28. The first-order valence-electron chi connectivity index (χ1n) is 12.5. The van der Waals surface area contributed by atoms with Crippen LogP contribution in [0, 0.1) is 0 Å². The largest absolute Gasteiger partial charge is 0.414 e. The van der Waals surface area contributed by atoms with Crippen molar-refractivity contribution in [1.82, 2.24) is 25.5 Å². The van der Waals surface area contributed by atoms with Crippen molar-refractivity contribution in [1.29, 1.82) is 0 Å². The van der Waals surface area contributed by atoms with Gasteiger partial charge in [-0.2, -0.15) is 0 Å². The van der Waals surface area contributed by atoms with Gasteiger partial charge in [-0.25, -0.2) is 9.97 Å². The third kappa shape index (κ3) is 5.95. The van der Waals surface area contributed by atoms with E-state index in [-0.39, 0.29) is 29.1 Å². The molecule has 1 aliphatic rings. The molecule has 3 N–H and O–H groups in total. The zero-order chi connectivity index (χ0) is 26.5. The van der Waals surface area contributed by atoms with Crippen LogP contribution in [-0.2, 0) is 22.1 Å². The second kappa shape index (κ2) is 11.9. The maximum atomic E-state index is 12.6. The monoisotopic (exact) mass is 536 g/mol. The summed E-state index contributed by atoms with van der Waals surface area (Å²) in [5.74, 6) is 0.681. The van der Waals surface area contributed by atoms with Gasteiger partial charge >= 0.3 is 0 Å². The fourth-order valence-corrected chi connectivity index (χ4v) is 5.28. The van der Waals surface area contributed by atoms with Gasteiger partial charge in [0.1, 0.15) is 0 Å². The Kier molecular flexibility index (Phi) is 8.16. The van der Waals surface area contributed by atoms with E-state index >= 15 is 0 Å². The average Bonchev–Trinajstić information content (AvgIpc) is 3.65. The van der Waals surface area contributed by atoms with Crippen molar-refractivity contribution in [3.63, 3.8) is 0 Å². The highest BCUT2D eigenvalue weighted by Gasteiger charge is 2.18. The van der Waals surface area contributed by atoms with E-state index in [4.69, 9.17) is 14.9 Å². The molecule has 5 rings (SSSR count). The van der Waals surface area contributed by atoms with Crippen molar-refractivity contribution in [2.45, 2.75) is 42.5 Å². The Bertz CT molecular complexity index is 1390. The second-order valence-corrected chi connectivity index (χ2v) is 11.0. The molecule has 0 radical (unpaired) electrons. The minimum Gasteiger partial charge on any atom is -0.414 e. The Labute approximate surface area is 222 Å². The van der Waals surface area contributed by atoms with Crippen LogP contribution in [0.25, 0.3) is 34.3 Å². The molecule has 0 amide bonds. The summed E-state index contributed by atoms with van der Waals surface area (Å²) >= 11 is 0. The topological polar surface area (TPSA) is 129 Å². The van der Waals surface area contributed by atoms with Gasteiger partial charge in [0.25, 0.3) is 5.89 Å². The minimum atomic E-state index is -1.29. The lowest BCUT2D eigenvalue weighted by atomic mass is 10.1. The Balaban J connectivity index is 1.30. The lowest BCUT2D eigenvalue weighted by Gasteiger charge is -2.10. The molecule has 0 spiro atoms. The van der Waals surface area contributed by atoms with E-state index < -0.39 is 17.5 Å². The van der Waals surface area contributed by atoms with Gasteiger partial charge in [0.15, 0.2) is 11.5 Å². The first kappa shape index (κ1) is 26.1. The molecular formula is C27H29FN6O3S. The van der Waals surface area contributed by atoms with Gasteiger partial charge in [0.05, 0.1) is 36.0 Å². The van der Waals surface area contributed by atoms with Crippen LogP contribution in [0.15, 0.2) is 64.0 Å². The zero-order valence-electron chi connectivity index (χ0n) is 21.0. The maximum absolute atomic E-state index is 12.6. The predicted molar refractivity (Wildman–Crippen MR) is 143 cm³/mol. The van der Waals surface area contributed by atoms with Gasteiger partial charge in [-0.05, 0) is 42.7 Å². The Morgan fingerprint density at radius 3 is 2.55 bits per heavy atom. The standard InChI is InChI=1S/C27H29FN6O3S/c1-17(10-12-28)38(35)22-8-6-19(7-9-22)23-15-31-25(29)24(32-23)27-34-33-26(37-27)20-4-2-18(3-5-20)14-30-21-11-13-36-16-21/h2-9,15,17,21,30H,10-14,16H2,1H3,(H2,29,31). The molecule has 1 fully saturated rings. The molecule has 0 bridgehead atoms. The van der Waals surface area contributed by atoms with E-state index in [1.807, 2.05) is 24.3 Å². The molecule has 3 unspecified atom stereocenters. The summed E-state index contributed by atoms with van der Waals surface area (Å²) in [4.78, 5) is 9.50. The van der Waals surface area contributed by atoms with Gasteiger partial charge in [-0.1, -0.05) is 31.2 Å². The number of nitrogen functional groups attached to an aromatic ring is 1. The molecule has 1 aliphatic heterocycles. The number of benzene rings is 2. The van der Waals surface area contributed by atoms with E-state index in [9.17, 15) is 8.60 Å². The molecule has 11 heteroatoms. The quantitative estimate of drug-likeness (QED) is 0.307. The number of ether oxygens (including phenoxy) is 1. The smallest absolute Gasteiger partial charge is 0.270 e. The maximum Gasteiger partial charge on any atom is 0.270 e. The van der Waals surface area contributed by atoms with Crippen LogP contribution in [0.5, 0.6) is 0 Å². The summed E-state index contributed by atoms with van der Waals surface area (Å²) in [6.07, 6.45) is 2.84. The van der Waals surface area contributed by atoms with Crippen LogP contribution >= 0.6 is 0 Å². The molecule has 38 heavy (non-hydrogen) atoms. The van der Waals surface area contributed by atoms with Crippen molar-refractivity contribution >= 4 is 16.6 Å². The number of anilines is 1. The summed E-state index contributed by atoms with van der Waals surface area (Å²) in [6.45, 7) is 3.60. The number of nitrogens with one attached hydrogen (secondary N) is 1.